The molecule has 0 spiro atoms. The zero-order chi connectivity index (χ0) is 16.8. The monoisotopic (exact) mass is 324 g/mol. The van der Waals surface area contributed by atoms with Gasteiger partial charge in [-0.2, -0.15) is 0 Å². The summed E-state index contributed by atoms with van der Waals surface area (Å²) in [6, 6.07) is 3.57. The Morgan fingerprint density at radius 2 is 1.64 bits per heavy atom. The Balaban J connectivity index is 3.14. The van der Waals surface area contributed by atoms with Gasteiger partial charge in [0.1, 0.15) is 11.5 Å². The highest BCUT2D eigenvalue weighted by atomic mass is 28.4. The van der Waals surface area contributed by atoms with Gasteiger partial charge in [0.05, 0.1) is 7.11 Å². The molecule has 0 heterocycles. The van der Waals surface area contributed by atoms with E-state index in [1.54, 1.807) is 7.11 Å². The van der Waals surface area contributed by atoms with Crippen LogP contribution in [0.5, 0.6) is 0 Å². The second-order valence-corrected chi connectivity index (χ2v) is 11.7. The number of ether oxygens (including phenoxy) is 1. The molecular weight excluding hydrogens is 288 g/mol. The quantitative estimate of drug-likeness (QED) is 0.456. The van der Waals surface area contributed by atoms with Gasteiger partial charge in [0.2, 0.25) is 8.32 Å². The number of methoxy groups -OCH3 is 1. The van der Waals surface area contributed by atoms with Crippen molar-refractivity contribution in [2.24, 2.45) is 5.92 Å². The van der Waals surface area contributed by atoms with Crippen molar-refractivity contribution in [2.75, 3.05) is 7.11 Å². The first-order chi connectivity index (χ1) is 10.4. The lowest BCUT2D eigenvalue weighted by atomic mass is 9.91. The number of allylic oxidation sites excluding steroid dienone is 3. The minimum atomic E-state index is -1.63. The van der Waals surface area contributed by atoms with Gasteiger partial charge in [-0.3, -0.25) is 0 Å². The van der Waals surface area contributed by atoms with E-state index in [0.29, 0.717) is 0 Å². The van der Waals surface area contributed by atoms with Crippen molar-refractivity contribution in [1.29, 1.82) is 0 Å². The fraction of sp³-hybridized carbons (Fsp3) is 0.789. The van der Waals surface area contributed by atoms with Gasteiger partial charge in [-0.05, 0) is 55.8 Å². The minimum absolute atomic E-state index is 0.743. The van der Waals surface area contributed by atoms with E-state index in [1.165, 1.54) is 47.9 Å². The van der Waals surface area contributed by atoms with Crippen molar-refractivity contribution in [3.05, 3.63) is 22.7 Å². The highest BCUT2D eigenvalue weighted by Gasteiger charge is 2.34. The summed E-state index contributed by atoms with van der Waals surface area (Å²) in [5.41, 5.74) is 2.78. The maximum Gasteiger partial charge on any atom is 0.250 e. The summed E-state index contributed by atoms with van der Waals surface area (Å²) in [6.07, 6.45) is 4.55. The van der Waals surface area contributed by atoms with Gasteiger partial charge in [0, 0.05) is 12.0 Å². The molecule has 0 unspecified atom stereocenters. The zero-order valence-corrected chi connectivity index (χ0v) is 16.8. The first-order valence-electron chi connectivity index (χ1n) is 9.08. The Hall–Kier alpha value is -0.703. The first-order valence-corrected chi connectivity index (χ1v) is 11.6. The molecule has 1 aliphatic rings. The lowest BCUT2D eigenvalue weighted by Crippen LogP contribution is -2.36. The van der Waals surface area contributed by atoms with E-state index in [0.717, 1.165) is 24.5 Å². The van der Waals surface area contributed by atoms with E-state index in [4.69, 9.17) is 9.16 Å². The molecule has 0 saturated heterocycles. The maximum absolute atomic E-state index is 6.80. The van der Waals surface area contributed by atoms with Crippen molar-refractivity contribution >= 4 is 8.32 Å². The Bertz CT molecular complexity index is 409. The van der Waals surface area contributed by atoms with Crippen LogP contribution in [0.15, 0.2) is 22.7 Å². The maximum atomic E-state index is 6.80. The summed E-state index contributed by atoms with van der Waals surface area (Å²) in [5.74, 6) is 3.06. The second-order valence-electron chi connectivity index (χ2n) is 6.96. The average molecular weight is 325 g/mol. The van der Waals surface area contributed by atoms with Crippen LogP contribution in [0.3, 0.4) is 0 Å². The van der Waals surface area contributed by atoms with E-state index in [-0.39, 0.29) is 0 Å². The van der Waals surface area contributed by atoms with E-state index in [1.807, 2.05) is 0 Å². The van der Waals surface area contributed by atoms with Gasteiger partial charge in [-0.25, -0.2) is 0 Å². The molecule has 0 atom stereocenters. The van der Waals surface area contributed by atoms with Crippen LogP contribution in [0.1, 0.15) is 67.2 Å². The molecule has 0 radical (unpaired) electrons. The third-order valence-electron chi connectivity index (χ3n) is 5.26. The molecule has 0 amide bonds. The highest BCUT2D eigenvalue weighted by Crippen LogP contribution is 2.38. The first kappa shape index (κ1) is 19.3. The molecule has 0 aromatic heterocycles. The topological polar surface area (TPSA) is 18.5 Å². The molecule has 0 aromatic carbocycles. The summed E-state index contributed by atoms with van der Waals surface area (Å²) in [7, 11) is 0.157. The third-order valence-corrected chi connectivity index (χ3v) is 9.76. The van der Waals surface area contributed by atoms with Gasteiger partial charge in [0.25, 0.3) is 0 Å². The van der Waals surface area contributed by atoms with Crippen LogP contribution in [0.4, 0.5) is 0 Å². The summed E-state index contributed by atoms with van der Waals surface area (Å²) >= 11 is 0. The van der Waals surface area contributed by atoms with Gasteiger partial charge >= 0.3 is 0 Å². The van der Waals surface area contributed by atoms with E-state index in [9.17, 15) is 0 Å². The van der Waals surface area contributed by atoms with E-state index < -0.39 is 8.32 Å². The minimum Gasteiger partial charge on any atom is -0.543 e. The van der Waals surface area contributed by atoms with Crippen molar-refractivity contribution in [3.63, 3.8) is 0 Å². The Morgan fingerprint density at radius 1 is 1.05 bits per heavy atom. The highest BCUT2D eigenvalue weighted by molar-refractivity contribution is 6.73. The van der Waals surface area contributed by atoms with Crippen LogP contribution >= 0.6 is 0 Å². The molecule has 2 nitrogen and oxygen atoms in total. The standard InChI is InChI=1S/C19H36O2Si/c1-8-22(9-2,10-3)21-19-16(6)18(20-7)14-13-17(19)12-11-15(4)5/h15H,8-14H2,1-7H3. The van der Waals surface area contributed by atoms with E-state index in [2.05, 4.69) is 41.5 Å². The smallest absolute Gasteiger partial charge is 0.250 e. The number of hydrogen-bond donors (Lipinski definition) is 0. The zero-order valence-electron chi connectivity index (χ0n) is 15.8. The molecular formula is C19H36O2Si. The number of rotatable bonds is 9. The Kier molecular flexibility index (Phi) is 7.74. The van der Waals surface area contributed by atoms with Crippen LogP contribution in [0.25, 0.3) is 0 Å². The summed E-state index contributed by atoms with van der Waals surface area (Å²) in [5, 5.41) is 0. The fourth-order valence-electron chi connectivity index (χ4n) is 3.25. The average Bonchev–Trinajstić information content (AvgIpc) is 2.52. The molecule has 128 valence electrons. The summed E-state index contributed by atoms with van der Waals surface area (Å²) in [6.45, 7) is 13.7. The van der Waals surface area contributed by atoms with E-state index >= 15 is 0 Å². The third kappa shape index (κ3) is 4.64. The van der Waals surface area contributed by atoms with Crippen LogP contribution in [-0.4, -0.2) is 15.4 Å². The van der Waals surface area contributed by atoms with Crippen LogP contribution < -0.4 is 0 Å². The van der Waals surface area contributed by atoms with Gasteiger partial charge in [-0.15, -0.1) is 0 Å². The summed E-state index contributed by atoms with van der Waals surface area (Å²) in [4.78, 5) is 0. The predicted molar refractivity (Wildman–Crippen MR) is 98.3 cm³/mol. The molecule has 1 aliphatic carbocycles. The van der Waals surface area contributed by atoms with Crippen molar-refractivity contribution in [1.82, 2.24) is 0 Å². The van der Waals surface area contributed by atoms with Crippen LogP contribution in [0, 0.1) is 5.92 Å². The van der Waals surface area contributed by atoms with Crippen molar-refractivity contribution < 1.29 is 9.16 Å². The lowest BCUT2D eigenvalue weighted by Gasteiger charge is -2.34. The molecule has 0 aliphatic heterocycles. The second kappa shape index (κ2) is 8.81. The predicted octanol–water partition coefficient (Wildman–Crippen LogP) is 6.41. The van der Waals surface area contributed by atoms with Crippen molar-refractivity contribution in [2.45, 2.75) is 85.4 Å². The van der Waals surface area contributed by atoms with Crippen LogP contribution in [-0.2, 0) is 9.16 Å². The Morgan fingerprint density at radius 3 is 2.09 bits per heavy atom. The van der Waals surface area contributed by atoms with Gasteiger partial charge in [-0.1, -0.05) is 34.6 Å². The Labute approximate surface area is 139 Å². The normalized spacial score (nSPS) is 16.5. The molecule has 0 bridgehead atoms. The molecule has 3 heteroatoms. The summed E-state index contributed by atoms with van der Waals surface area (Å²) < 4.78 is 12.4. The van der Waals surface area contributed by atoms with Crippen molar-refractivity contribution in [3.8, 4) is 0 Å². The van der Waals surface area contributed by atoms with Gasteiger partial charge < -0.3 is 9.16 Å². The molecule has 0 saturated carbocycles. The molecule has 1 rings (SSSR count). The SMILES string of the molecule is CC[Si](CC)(CC)OC1=C(CCC(C)C)CCC(OC)=C1C. The van der Waals surface area contributed by atoms with Gasteiger partial charge in [0.15, 0.2) is 0 Å². The molecule has 0 aromatic rings. The fourth-order valence-corrected chi connectivity index (χ4v) is 5.91. The largest absolute Gasteiger partial charge is 0.543 e. The molecule has 0 N–H and O–H groups in total. The number of hydrogen-bond acceptors (Lipinski definition) is 2. The molecule has 0 fully saturated rings. The lowest BCUT2D eigenvalue weighted by molar-refractivity contribution is 0.261. The van der Waals surface area contributed by atoms with Crippen LogP contribution in [0.2, 0.25) is 18.1 Å². The molecule has 22 heavy (non-hydrogen) atoms.